The molecular formula is C21H26ClNO2. The van der Waals surface area contributed by atoms with Gasteiger partial charge in [-0.05, 0) is 35.1 Å². The first-order valence-electron chi connectivity index (χ1n) is 8.60. The zero-order valence-electron chi connectivity index (χ0n) is 15.1. The summed E-state index contributed by atoms with van der Waals surface area (Å²) in [5.41, 5.74) is 2.63. The molecule has 0 atom stereocenters. The first kappa shape index (κ1) is 19.3. The van der Waals surface area contributed by atoms with E-state index in [1.54, 1.807) is 6.07 Å². The molecule has 0 saturated heterocycles. The van der Waals surface area contributed by atoms with Gasteiger partial charge in [-0.2, -0.15) is 0 Å². The average molecular weight is 360 g/mol. The third-order valence-corrected chi connectivity index (χ3v) is 4.29. The van der Waals surface area contributed by atoms with E-state index in [9.17, 15) is 4.79 Å². The minimum absolute atomic E-state index is 0.0302. The van der Waals surface area contributed by atoms with Crippen molar-refractivity contribution in [1.82, 2.24) is 5.32 Å². The van der Waals surface area contributed by atoms with Crippen molar-refractivity contribution in [2.24, 2.45) is 0 Å². The highest BCUT2D eigenvalue weighted by Crippen LogP contribution is 2.23. The van der Waals surface area contributed by atoms with Crippen molar-refractivity contribution in [2.75, 3.05) is 13.2 Å². The van der Waals surface area contributed by atoms with E-state index in [0.29, 0.717) is 30.3 Å². The summed E-state index contributed by atoms with van der Waals surface area (Å²) in [6, 6.07) is 15.8. The quantitative estimate of drug-likeness (QED) is 0.723. The van der Waals surface area contributed by atoms with E-state index in [1.807, 2.05) is 18.2 Å². The van der Waals surface area contributed by atoms with Crippen molar-refractivity contribution >= 4 is 17.5 Å². The summed E-state index contributed by atoms with van der Waals surface area (Å²) in [6.45, 7) is 7.45. The van der Waals surface area contributed by atoms with E-state index in [4.69, 9.17) is 16.3 Å². The number of aryl methyl sites for hydroxylation is 1. The summed E-state index contributed by atoms with van der Waals surface area (Å²) in [5, 5.41) is 3.45. The number of halogens is 1. The Bertz CT molecular complexity index is 690. The Balaban J connectivity index is 1.68. The van der Waals surface area contributed by atoms with Gasteiger partial charge in [-0.15, -0.1) is 0 Å². The Labute approximate surface area is 155 Å². The van der Waals surface area contributed by atoms with E-state index in [0.717, 1.165) is 6.42 Å². The molecule has 134 valence electrons. The number of para-hydroxylation sites is 1. The van der Waals surface area contributed by atoms with Crippen LogP contribution in [0, 0.1) is 0 Å². The molecule has 2 aromatic rings. The molecule has 0 unspecified atom stereocenters. The fourth-order valence-corrected chi connectivity index (χ4v) is 2.62. The summed E-state index contributed by atoms with van der Waals surface area (Å²) in [7, 11) is 0. The SMILES string of the molecule is CC(C)(C)c1ccc(CCC(=O)NCCOc2ccccc2Cl)cc1. The molecule has 0 bridgehead atoms. The number of carbonyl (C=O) groups is 1. The van der Waals surface area contributed by atoms with E-state index in [2.05, 4.69) is 50.4 Å². The number of hydrogen-bond acceptors (Lipinski definition) is 2. The lowest BCUT2D eigenvalue weighted by molar-refractivity contribution is -0.121. The molecular weight excluding hydrogens is 334 g/mol. The van der Waals surface area contributed by atoms with E-state index in [-0.39, 0.29) is 11.3 Å². The Kier molecular flexibility index (Phi) is 6.89. The fraction of sp³-hybridized carbons (Fsp3) is 0.381. The van der Waals surface area contributed by atoms with Crippen LogP contribution in [0.25, 0.3) is 0 Å². The Morgan fingerprint density at radius 3 is 2.40 bits per heavy atom. The number of ether oxygens (including phenoxy) is 1. The van der Waals surface area contributed by atoms with Crippen molar-refractivity contribution in [3.05, 3.63) is 64.7 Å². The molecule has 0 aliphatic rings. The molecule has 2 rings (SSSR count). The van der Waals surface area contributed by atoms with Gasteiger partial charge in [0, 0.05) is 6.42 Å². The summed E-state index contributed by atoms with van der Waals surface area (Å²) in [4.78, 5) is 11.9. The van der Waals surface area contributed by atoms with Gasteiger partial charge >= 0.3 is 0 Å². The van der Waals surface area contributed by atoms with E-state index in [1.165, 1.54) is 11.1 Å². The maximum Gasteiger partial charge on any atom is 0.220 e. The highest BCUT2D eigenvalue weighted by Gasteiger charge is 2.13. The van der Waals surface area contributed by atoms with Gasteiger partial charge in [0.15, 0.2) is 0 Å². The first-order chi connectivity index (χ1) is 11.9. The van der Waals surface area contributed by atoms with Gasteiger partial charge in [0.2, 0.25) is 5.91 Å². The molecule has 0 fully saturated rings. The molecule has 0 aromatic heterocycles. The van der Waals surface area contributed by atoms with E-state index >= 15 is 0 Å². The van der Waals surface area contributed by atoms with Crippen molar-refractivity contribution < 1.29 is 9.53 Å². The maximum absolute atomic E-state index is 11.9. The number of carbonyl (C=O) groups excluding carboxylic acids is 1. The Hall–Kier alpha value is -2.00. The second-order valence-corrected chi connectivity index (χ2v) is 7.48. The third-order valence-electron chi connectivity index (χ3n) is 3.98. The van der Waals surface area contributed by atoms with Crippen molar-refractivity contribution in [3.63, 3.8) is 0 Å². The van der Waals surface area contributed by atoms with Gasteiger partial charge in [0.1, 0.15) is 12.4 Å². The highest BCUT2D eigenvalue weighted by molar-refractivity contribution is 6.32. The zero-order chi connectivity index (χ0) is 18.3. The van der Waals surface area contributed by atoms with Crippen molar-refractivity contribution in [3.8, 4) is 5.75 Å². The molecule has 25 heavy (non-hydrogen) atoms. The number of rotatable bonds is 7. The van der Waals surface area contributed by atoms with Gasteiger partial charge < -0.3 is 10.1 Å². The molecule has 1 amide bonds. The molecule has 4 heteroatoms. The average Bonchev–Trinajstić information content (AvgIpc) is 2.58. The predicted octanol–water partition coefficient (Wildman–Crippen LogP) is 4.77. The minimum atomic E-state index is 0.0302. The second-order valence-electron chi connectivity index (χ2n) is 7.08. The second kappa shape index (κ2) is 8.91. The number of amides is 1. The summed E-state index contributed by atoms with van der Waals surface area (Å²) < 4.78 is 5.55. The van der Waals surface area contributed by atoms with Gasteiger partial charge in [-0.1, -0.05) is 68.8 Å². The molecule has 1 N–H and O–H groups in total. The zero-order valence-corrected chi connectivity index (χ0v) is 15.9. The molecule has 0 radical (unpaired) electrons. The number of benzene rings is 2. The largest absolute Gasteiger partial charge is 0.490 e. The topological polar surface area (TPSA) is 38.3 Å². The minimum Gasteiger partial charge on any atom is -0.490 e. The molecule has 0 saturated carbocycles. The van der Waals surface area contributed by atoms with Crippen molar-refractivity contribution in [2.45, 2.75) is 39.0 Å². The molecule has 0 aliphatic heterocycles. The van der Waals surface area contributed by atoms with Gasteiger partial charge in [0.25, 0.3) is 0 Å². The van der Waals surface area contributed by atoms with Crippen LogP contribution < -0.4 is 10.1 Å². The van der Waals surface area contributed by atoms with Gasteiger partial charge in [-0.25, -0.2) is 0 Å². The van der Waals surface area contributed by atoms with Crippen LogP contribution >= 0.6 is 11.6 Å². The first-order valence-corrected chi connectivity index (χ1v) is 8.97. The van der Waals surface area contributed by atoms with Crippen LogP contribution in [-0.2, 0) is 16.6 Å². The Morgan fingerprint density at radius 2 is 1.76 bits per heavy atom. The molecule has 0 aliphatic carbocycles. The van der Waals surface area contributed by atoms with Crippen molar-refractivity contribution in [1.29, 1.82) is 0 Å². The van der Waals surface area contributed by atoms with Crippen LogP contribution in [0.5, 0.6) is 5.75 Å². The fourth-order valence-electron chi connectivity index (χ4n) is 2.43. The lowest BCUT2D eigenvalue weighted by atomic mass is 9.86. The number of nitrogens with one attached hydrogen (secondary N) is 1. The van der Waals surface area contributed by atoms with Crippen LogP contribution in [0.2, 0.25) is 5.02 Å². The normalized spacial score (nSPS) is 11.2. The van der Waals surface area contributed by atoms with Crippen LogP contribution in [0.1, 0.15) is 38.3 Å². The summed E-state index contributed by atoms with van der Waals surface area (Å²) in [5.74, 6) is 0.667. The predicted molar refractivity (Wildman–Crippen MR) is 103 cm³/mol. The standard InChI is InChI=1S/C21H26ClNO2/c1-21(2,3)17-11-8-16(9-12-17)10-13-20(24)23-14-15-25-19-7-5-4-6-18(19)22/h4-9,11-12H,10,13-15H2,1-3H3,(H,23,24). The lowest BCUT2D eigenvalue weighted by Gasteiger charge is -2.19. The monoisotopic (exact) mass is 359 g/mol. The molecule has 0 spiro atoms. The smallest absolute Gasteiger partial charge is 0.220 e. The van der Waals surface area contributed by atoms with Crippen LogP contribution in [0.4, 0.5) is 0 Å². The molecule has 0 heterocycles. The summed E-state index contributed by atoms with van der Waals surface area (Å²) >= 11 is 6.01. The highest BCUT2D eigenvalue weighted by atomic mass is 35.5. The van der Waals surface area contributed by atoms with Crippen LogP contribution in [-0.4, -0.2) is 19.1 Å². The maximum atomic E-state index is 11.9. The summed E-state index contributed by atoms with van der Waals surface area (Å²) in [6.07, 6.45) is 1.21. The lowest BCUT2D eigenvalue weighted by Crippen LogP contribution is -2.28. The third kappa shape index (κ3) is 6.43. The van der Waals surface area contributed by atoms with Crippen LogP contribution in [0.3, 0.4) is 0 Å². The van der Waals surface area contributed by atoms with Gasteiger partial charge in [-0.3, -0.25) is 4.79 Å². The number of hydrogen-bond donors (Lipinski definition) is 1. The van der Waals surface area contributed by atoms with E-state index < -0.39 is 0 Å². The molecule has 2 aromatic carbocycles. The van der Waals surface area contributed by atoms with Crippen LogP contribution in [0.15, 0.2) is 48.5 Å². The van der Waals surface area contributed by atoms with Gasteiger partial charge in [0.05, 0.1) is 11.6 Å². The molecule has 3 nitrogen and oxygen atoms in total. The Morgan fingerprint density at radius 1 is 1.08 bits per heavy atom.